The Kier molecular flexibility index (Phi) is 3.68. The number of benzene rings is 1. The van der Waals surface area contributed by atoms with Crippen molar-refractivity contribution in [2.24, 2.45) is 0 Å². The van der Waals surface area contributed by atoms with Gasteiger partial charge in [-0.05, 0) is 18.2 Å². The second-order valence-corrected chi connectivity index (χ2v) is 4.07. The van der Waals surface area contributed by atoms with Gasteiger partial charge in [-0.25, -0.2) is 4.98 Å². The summed E-state index contributed by atoms with van der Waals surface area (Å²) in [5, 5.41) is 4.02. The van der Waals surface area contributed by atoms with Gasteiger partial charge in [0.05, 0.1) is 11.4 Å². The molecule has 2 heterocycles. The normalized spacial score (nSPS) is 16.4. The van der Waals surface area contributed by atoms with Gasteiger partial charge in [-0.3, -0.25) is 0 Å². The van der Waals surface area contributed by atoms with E-state index in [2.05, 4.69) is 10.3 Å². The summed E-state index contributed by atoms with van der Waals surface area (Å²) in [6, 6.07) is 7.71. The summed E-state index contributed by atoms with van der Waals surface area (Å²) < 4.78 is 11.0. The van der Waals surface area contributed by atoms with Crippen LogP contribution in [0.3, 0.4) is 0 Å². The molecular formula is C12H12Cl2N2O2. The maximum atomic E-state index is 5.70. The zero-order valence-electron chi connectivity index (χ0n) is 9.64. The Bertz CT molecular complexity index is 577. The van der Waals surface area contributed by atoms with E-state index in [1.165, 1.54) is 0 Å². The lowest BCUT2D eigenvalue weighted by Gasteiger charge is -2.03. The van der Waals surface area contributed by atoms with Gasteiger partial charge in [0, 0.05) is 18.5 Å². The highest BCUT2D eigenvalue weighted by atomic mass is 35.5. The lowest BCUT2D eigenvalue weighted by Crippen LogP contribution is -2.19. The Labute approximate surface area is 116 Å². The Balaban J connectivity index is 0.00000120. The topological polar surface area (TPSA) is 43.4 Å². The molecule has 6 heteroatoms. The third-order valence-corrected chi connectivity index (χ3v) is 2.91. The van der Waals surface area contributed by atoms with Crippen LogP contribution in [0.2, 0.25) is 0 Å². The van der Waals surface area contributed by atoms with Crippen molar-refractivity contribution in [2.45, 2.75) is 6.29 Å². The maximum Gasteiger partial charge on any atom is 0.254 e. The fourth-order valence-electron chi connectivity index (χ4n) is 1.82. The number of anilines is 1. The lowest BCUT2D eigenvalue weighted by molar-refractivity contribution is 0.0711. The van der Waals surface area contributed by atoms with Crippen molar-refractivity contribution < 1.29 is 9.47 Å². The monoisotopic (exact) mass is 286 g/mol. The summed E-state index contributed by atoms with van der Waals surface area (Å²) in [7, 11) is 1.84. The summed E-state index contributed by atoms with van der Waals surface area (Å²) in [5.74, 6) is 2.55. The lowest BCUT2D eigenvalue weighted by atomic mass is 10.2. The van der Waals surface area contributed by atoms with Crippen LogP contribution >= 0.6 is 24.0 Å². The van der Waals surface area contributed by atoms with E-state index in [-0.39, 0.29) is 12.4 Å². The van der Waals surface area contributed by atoms with E-state index in [0.717, 1.165) is 22.5 Å². The molecule has 1 aliphatic rings. The second kappa shape index (κ2) is 5.08. The number of alkyl halides is 1. The van der Waals surface area contributed by atoms with Crippen LogP contribution in [0.25, 0.3) is 10.9 Å². The first-order valence-corrected chi connectivity index (χ1v) is 5.85. The highest BCUT2D eigenvalue weighted by molar-refractivity contribution is 6.18. The summed E-state index contributed by atoms with van der Waals surface area (Å²) in [5.41, 5.74) is 0.870. The highest BCUT2D eigenvalue weighted by Gasteiger charge is 2.23. The van der Waals surface area contributed by atoms with Gasteiger partial charge in [0.1, 0.15) is 5.82 Å². The molecule has 1 atom stereocenters. The molecule has 0 fully saturated rings. The fourth-order valence-corrected chi connectivity index (χ4v) is 1.95. The van der Waals surface area contributed by atoms with Crippen molar-refractivity contribution in [3.05, 3.63) is 24.3 Å². The molecule has 0 amide bonds. The van der Waals surface area contributed by atoms with Crippen LogP contribution in [0.5, 0.6) is 11.5 Å². The van der Waals surface area contributed by atoms with Gasteiger partial charge in [-0.2, -0.15) is 0 Å². The molecule has 2 aromatic rings. The molecule has 0 saturated heterocycles. The highest BCUT2D eigenvalue weighted by Crippen LogP contribution is 2.38. The molecular weight excluding hydrogens is 275 g/mol. The number of hydrogen-bond donors (Lipinski definition) is 1. The van der Waals surface area contributed by atoms with Gasteiger partial charge in [0.2, 0.25) is 0 Å². The van der Waals surface area contributed by atoms with Gasteiger partial charge in [-0.15, -0.1) is 24.0 Å². The average molecular weight is 287 g/mol. The van der Waals surface area contributed by atoms with Crippen LogP contribution in [0, 0.1) is 0 Å². The van der Waals surface area contributed by atoms with Gasteiger partial charge >= 0.3 is 0 Å². The summed E-state index contributed by atoms with van der Waals surface area (Å²) in [4.78, 5) is 4.44. The number of aromatic nitrogens is 1. The van der Waals surface area contributed by atoms with Gasteiger partial charge < -0.3 is 14.8 Å². The van der Waals surface area contributed by atoms with E-state index in [4.69, 9.17) is 21.1 Å². The number of rotatable bonds is 2. The molecule has 1 N–H and O–H groups in total. The van der Waals surface area contributed by atoms with Crippen LogP contribution in [-0.4, -0.2) is 24.2 Å². The molecule has 0 aliphatic carbocycles. The molecule has 1 aromatic carbocycles. The van der Waals surface area contributed by atoms with Crippen molar-refractivity contribution in [3.8, 4) is 11.5 Å². The molecule has 4 nitrogen and oxygen atoms in total. The quantitative estimate of drug-likeness (QED) is 0.862. The zero-order valence-corrected chi connectivity index (χ0v) is 11.2. The van der Waals surface area contributed by atoms with Crippen molar-refractivity contribution in [3.63, 3.8) is 0 Å². The SMILES string of the molecule is CNc1ccc2cc3c(cc2n1)OC(CCl)O3.Cl. The minimum Gasteiger partial charge on any atom is -0.450 e. The van der Waals surface area contributed by atoms with Gasteiger partial charge in [0.15, 0.2) is 11.5 Å². The molecule has 1 aliphatic heterocycles. The Morgan fingerprint density at radius 2 is 2.00 bits per heavy atom. The van der Waals surface area contributed by atoms with E-state index in [0.29, 0.717) is 11.6 Å². The first-order chi connectivity index (χ1) is 8.30. The van der Waals surface area contributed by atoms with Crippen molar-refractivity contribution in [1.82, 2.24) is 4.98 Å². The number of nitrogens with one attached hydrogen (secondary N) is 1. The summed E-state index contributed by atoms with van der Waals surface area (Å²) >= 11 is 5.70. The zero-order chi connectivity index (χ0) is 11.8. The number of ether oxygens (including phenoxy) is 2. The van der Waals surface area contributed by atoms with Crippen LogP contribution < -0.4 is 14.8 Å². The molecule has 18 heavy (non-hydrogen) atoms. The minimum absolute atomic E-state index is 0. The smallest absolute Gasteiger partial charge is 0.254 e. The number of hydrogen-bond acceptors (Lipinski definition) is 4. The maximum absolute atomic E-state index is 5.70. The summed E-state index contributed by atoms with van der Waals surface area (Å²) in [6.07, 6.45) is -0.396. The van der Waals surface area contributed by atoms with Crippen LogP contribution in [0.15, 0.2) is 24.3 Å². The van der Waals surface area contributed by atoms with E-state index in [1.807, 2.05) is 31.3 Å². The molecule has 0 bridgehead atoms. The van der Waals surface area contributed by atoms with Crippen LogP contribution in [0.1, 0.15) is 0 Å². The second-order valence-electron chi connectivity index (χ2n) is 3.76. The van der Waals surface area contributed by atoms with Crippen molar-refractivity contribution in [2.75, 3.05) is 18.2 Å². The Morgan fingerprint density at radius 3 is 2.67 bits per heavy atom. The standard InChI is InChI=1S/C12H11ClN2O2.ClH/c1-14-11-3-2-7-4-9-10(5-8(7)15-11)17-12(6-13)16-9;/h2-5,12H,6H2,1H3,(H,14,15);1H. The molecule has 0 saturated carbocycles. The van der Waals surface area contributed by atoms with Gasteiger partial charge in [0.25, 0.3) is 6.29 Å². The molecule has 96 valence electrons. The van der Waals surface area contributed by atoms with E-state index < -0.39 is 6.29 Å². The number of fused-ring (bicyclic) bond motifs is 2. The largest absolute Gasteiger partial charge is 0.450 e. The number of nitrogens with zero attached hydrogens (tertiary/aromatic N) is 1. The summed E-state index contributed by atoms with van der Waals surface area (Å²) in [6.45, 7) is 0. The fraction of sp³-hybridized carbons (Fsp3) is 0.250. The number of halogens is 2. The molecule has 0 radical (unpaired) electrons. The van der Waals surface area contributed by atoms with E-state index >= 15 is 0 Å². The van der Waals surface area contributed by atoms with E-state index in [1.54, 1.807) is 0 Å². The molecule has 0 spiro atoms. The third-order valence-electron chi connectivity index (χ3n) is 2.65. The van der Waals surface area contributed by atoms with Crippen molar-refractivity contribution >= 4 is 40.7 Å². The molecule has 1 aromatic heterocycles. The number of pyridine rings is 1. The van der Waals surface area contributed by atoms with Crippen LogP contribution in [-0.2, 0) is 0 Å². The minimum atomic E-state index is -0.396. The van der Waals surface area contributed by atoms with Crippen molar-refractivity contribution in [1.29, 1.82) is 0 Å². The van der Waals surface area contributed by atoms with Gasteiger partial charge in [-0.1, -0.05) is 0 Å². The first-order valence-electron chi connectivity index (χ1n) is 5.32. The Morgan fingerprint density at radius 1 is 1.28 bits per heavy atom. The average Bonchev–Trinajstić information content (AvgIpc) is 2.77. The predicted molar refractivity (Wildman–Crippen MR) is 74.3 cm³/mol. The molecule has 3 rings (SSSR count). The van der Waals surface area contributed by atoms with E-state index in [9.17, 15) is 0 Å². The third kappa shape index (κ3) is 2.13. The Hall–Kier alpha value is -1.39. The predicted octanol–water partition coefficient (Wildman–Crippen LogP) is 3.03. The first kappa shape index (κ1) is 13.1. The molecule has 1 unspecified atom stereocenters. The van der Waals surface area contributed by atoms with Crippen LogP contribution in [0.4, 0.5) is 5.82 Å².